The van der Waals surface area contributed by atoms with Crippen molar-refractivity contribution in [2.75, 3.05) is 5.32 Å². The smallest absolute Gasteiger partial charge is 0.313 e. The highest BCUT2D eigenvalue weighted by atomic mass is 16.2. The molecule has 4 heteroatoms. The third-order valence-electron chi connectivity index (χ3n) is 3.67. The standard InChI is InChI=1S/C17H16N2O2/c18-16(20)17(21)19-15-8-4-3-7-14(15)13-6-2-1-5-12(13)11-9-10-11/h1-8,11H,9-10H2,(H2,18,20)(H,19,21). The molecule has 2 aromatic rings. The molecule has 0 spiro atoms. The number of hydrogen-bond acceptors (Lipinski definition) is 2. The van der Waals surface area contributed by atoms with E-state index in [4.69, 9.17) is 5.73 Å². The molecule has 1 fully saturated rings. The van der Waals surface area contributed by atoms with Crippen LogP contribution >= 0.6 is 0 Å². The molecule has 0 bridgehead atoms. The Morgan fingerprint density at radius 3 is 2.24 bits per heavy atom. The highest BCUT2D eigenvalue weighted by Crippen LogP contribution is 2.45. The number of nitrogens with one attached hydrogen (secondary N) is 1. The van der Waals surface area contributed by atoms with Crippen LogP contribution in [0.1, 0.15) is 24.3 Å². The van der Waals surface area contributed by atoms with Gasteiger partial charge in [0.25, 0.3) is 0 Å². The Bertz CT molecular complexity index is 705. The topological polar surface area (TPSA) is 72.2 Å². The van der Waals surface area contributed by atoms with Gasteiger partial charge in [-0.25, -0.2) is 0 Å². The molecule has 0 saturated heterocycles. The molecular weight excluding hydrogens is 264 g/mol. The minimum absolute atomic E-state index is 0.598. The van der Waals surface area contributed by atoms with Crippen LogP contribution in [0.3, 0.4) is 0 Å². The van der Waals surface area contributed by atoms with Crippen molar-refractivity contribution in [3.05, 3.63) is 54.1 Å². The summed E-state index contributed by atoms with van der Waals surface area (Å²) in [7, 11) is 0. The van der Waals surface area contributed by atoms with Crippen LogP contribution in [0.5, 0.6) is 0 Å². The van der Waals surface area contributed by atoms with E-state index in [1.54, 1.807) is 6.07 Å². The molecule has 0 atom stereocenters. The van der Waals surface area contributed by atoms with Gasteiger partial charge in [0.05, 0.1) is 0 Å². The molecule has 0 radical (unpaired) electrons. The number of carbonyl (C=O) groups excluding carboxylic acids is 2. The fourth-order valence-electron chi connectivity index (χ4n) is 2.50. The fraction of sp³-hybridized carbons (Fsp3) is 0.176. The maximum Gasteiger partial charge on any atom is 0.313 e. The Kier molecular flexibility index (Phi) is 3.44. The molecule has 21 heavy (non-hydrogen) atoms. The molecule has 1 aliphatic carbocycles. The van der Waals surface area contributed by atoms with E-state index in [9.17, 15) is 9.59 Å². The predicted molar refractivity (Wildman–Crippen MR) is 81.7 cm³/mol. The highest BCUT2D eigenvalue weighted by Gasteiger charge is 2.26. The van der Waals surface area contributed by atoms with Crippen LogP contribution in [0.4, 0.5) is 5.69 Å². The molecule has 3 rings (SSSR count). The molecule has 0 unspecified atom stereocenters. The van der Waals surface area contributed by atoms with Crippen LogP contribution in [-0.2, 0) is 9.59 Å². The monoisotopic (exact) mass is 280 g/mol. The van der Waals surface area contributed by atoms with Crippen molar-refractivity contribution in [1.29, 1.82) is 0 Å². The summed E-state index contributed by atoms with van der Waals surface area (Å²) >= 11 is 0. The van der Waals surface area contributed by atoms with Crippen LogP contribution in [0.25, 0.3) is 11.1 Å². The van der Waals surface area contributed by atoms with E-state index in [1.807, 2.05) is 36.4 Å². The zero-order valence-corrected chi connectivity index (χ0v) is 11.5. The normalized spacial score (nSPS) is 13.7. The number of hydrogen-bond donors (Lipinski definition) is 2. The van der Waals surface area contributed by atoms with Crippen LogP contribution in [0, 0.1) is 0 Å². The average Bonchev–Trinajstić information content (AvgIpc) is 3.32. The molecule has 3 N–H and O–H groups in total. The molecule has 2 aromatic carbocycles. The molecule has 0 aromatic heterocycles. The molecule has 1 saturated carbocycles. The molecule has 4 nitrogen and oxygen atoms in total. The number of benzene rings is 2. The van der Waals surface area contributed by atoms with Gasteiger partial charge in [0.1, 0.15) is 0 Å². The van der Waals surface area contributed by atoms with Crippen LogP contribution in [-0.4, -0.2) is 11.8 Å². The fourth-order valence-corrected chi connectivity index (χ4v) is 2.50. The number of nitrogens with two attached hydrogens (primary N) is 1. The van der Waals surface area contributed by atoms with E-state index in [0.29, 0.717) is 11.6 Å². The summed E-state index contributed by atoms with van der Waals surface area (Å²) < 4.78 is 0. The summed E-state index contributed by atoms with van der Waals surface area (Å²) in [5.41, 5.74) is 8.91. The number of primary amides is 1. The van der Waals surface area contributed by atoms with Crippen molar-refractivity contribution < 1.29 is 9.59 Å². The lowest BCUT2D eigenvalue weighted by Gasteiger charge is -2.13. The van der Waals surface area contributed by atoms with Gasteiger partial charge >= 0.3 is 11.8 Å². The number of carbonyl (C=O) groups is 2. The van der Waals surface area contributed by atoms with Crippen LogP contribution < -0.4 is 11.1 Å². The van der Waals surface area contributed by atoms with Gasteiger partial charge in [-0.2, -0.15) is 0 Å². The number of amides is 2. The number of rotatable bonds is 3. The van der Waals surface area contributed by atoms with Gasteiger partial charge in [-0.1, -0.05) is 42.5 Å². The summed E-state index contributed by atoms with van der Waals surface area (Å²) in [6, 6.07) is 15.6. The lowest BCUT2D eigenvalue weighted by molar-refractivity contribution is -0.134. The molecule has 1 aliphatic rings. The predicted octanol–water partition coefficient (Wildman–Crippen LogP) is 2.65. The van der Waals surface area contributed by atoms with Crippen molar-refractivity contribution in [3.8, 4) is 11.1 Å². The SMILES string of the molecule is NC(=O)C(=O)Nc1ccccc1-c1ccccc1C1CC1. The summed E-state index contributed by atoms with van der Waals surface area (Å²) in [6.45, 7) is 0. The first-order chi connectivity index (χ1) is 10.2. The Labute approximate surface area is 123 Å². The zero-order chi connectivity index (χ0) is 14.8. The van der Waals surface area contributed by atoms with Crippen molar-refractivity contribution in [2.24, 2.45) is 5.73 Å². The van der Waals surface area contributed by atoms with Crippen molar-refractivity contribution in [2.45, 2.75) is 18.8 Å². The highest BCUT2D eigenvalue weighted by molar-refractivity contribution is 6.39. The van der Waals surface area contributed by atoms with E-state index in [0.717, 1.165) is 11.1 Å². The molecule has 0 heterocycles. The van der Waals surface area contributed by atoms with E-state index < -0.39 is 11.8 Å². The zero-order valence-electron chi connectivity index (χ0n) is 11.5. The Morgan fingerprint density at radius 2 is 1.57 bits per heavy atom. The summed E-state index contributed by atoms with van der Waals surface area (Å²) in [4.78, 5) is 22.5. The van der Waals surface area contributed by atoms with Gasteiger partial charge < -0.3 is 11.1 Å². The molecular formula is C17H16N2O2. The Hall–Kier alpha value is -2.62. The van der Waals surface area contributed by atoms with Gasteiger partial charge in [0.2, 0.25) is 0 Å². The summed E-state index contributed by atoms with van der Waals surface area (Å²) in [6.07, 6.45) is 2.40. The summed E-state index contributed by atoms with van der Waals surface area (Å²) in [5.74, 6) is -1.19. The quantitative estimate of drug-likeness (QED) is 0.848. The lowest BCUT2D eigenvalue weighted by atomic mass is 9.95. The van der Waals surface area contributed by atoms with Crippen molar-refractivity contribution in [3.63, 3.8) is 0 Å². The Balaban J connectivity index is 2.03. The van der Waals surface area contributed by atoms with Gasteiger partial charge in [0, 0.05) is 11.3 Å². The second-order valence-electron chi connectivity index (χ2n) is 5.23. The molecule has 106 valence electrons. The van der Waals surface area contributed by atoms with Gasteiger partial charge in [-0.15, -0.1) is 0 Å². The van der Waals surface area contributed by atoms with Gasteiger partial charge in [-0.3, -0.25) is 9.59 Å². The van der Waals surface area contributed by atoms with Gasteiger partial charge in [0.15, 0.2) is 0 Å². The molecule has 0 aliphatic heterocycles. The van der Waals surface area contributed by atoms with Crippen LogP contribution in [0.15, 0.2) is 48.5 Å². The lowest BCUT2D eigenvalue weighted by Crippen LogP contribution is -2.29. The van der Waals surface area contributed by atoms with E-state index in [1.165, 1.54) is 18.4 Å². The minimum Gasteiger partial charge on any atom is -0.361 e. The van der Waals surface area contributed by atoms with Crippen molar-refractivity contribution >= 4 is 17.5 Å². The maximum absolute atomic E-state index is 11.5. The molecule has 2 amide bonds. The average molecular weight is 280 g/mol. The third-order valence-corrected chi connectivity index (χ3v) is 3.67. The van der Waals surface area contributed by atoms with Crippen LogP contribution in [0.2, 0.25) is 0 Å². The Morgan fingerprint density at radius 1 is 0.952 bits per heavy atom. The van der Waals surface area contributed by atoms with E-state index >= 15 is 0 Å². The second-order valence-corrected chi connectivity index (χ2v) is 5.23. The van der Waals surface area contributed by atoms with Gasteiger partial charge in [-0.05, 0) is 36.0 Å². The number of para-hydroxylation sites is 1. The first kappa shape index (κ1) is 13.4. The first-order valence-electron chi connectivity index (χ1n) is 6.96. The largest absolute Gasteiger partial charge is 0.361 e. The third kappa shape index (κ3) is 2.79. The summed E-state index contributed by atoms with van der Waals surface area (Å²) in [5, 5.41) is 2.58. The second kappa shape index (κ2) is 5.40. The number of anilines is 1. The first-order valence-corrected chi connectivity index (χ1v) is 6.96. The minimum atomic E-state index is -0.986. The maximum atomic E-state index is 11.5. The van der Waals surface area contributed by atoms with E-state index in [2.05, 4.69) is 11.4 Å². The van der Waals surface area contributed by atoms with E-state index in [-0.39, 0.29) is 0 Å². The van der Waals surface area contributed by atoms with Crippen molar-refractivity contribution in [1.82, 2.24) is 0 Å².